The summed E-state index contributed by atoms with van der Waals surface area (Å²) in [5.74, 6) is -2.09. The molecule has 2 fully saturated rings. The number of piperazine rings is 1. The number of rotatable bonds is 7. The van der Waals surface area contributed by atoms with Crippen LogP contribution in [0, 0.1) is 0 Å². The lowest BCUT2D eigenvalue weighted by Gasteiger charge is -2.43. The third-order valence-electron chi connectivity index (χ3n) is 9.95. The maximum Gasteiger partial charge on any atom is 0.280 e. The van der Waals surface area contributed by atoms with E-state index in [9.17, 15) is 23.5 Å². The zero-order chi connectivity index (χ0) is 33.9. The van der Waals surface area contributed by atoms with Crippen molar-refractivity contribution in [1.29, 1.82) is 0 Å². The second-order valence-electron chi connectivity index (χ2n) is 13.0. The summed E-state index contributed by atoms with van der Waals surface area (Å²) in [7, 11) is 1.64. The maximum absolute atomic E-state index is 14.1. The molecule has 0 radical (unpaired) electrons. The molecule has 2 saturated heterocycles. The van der Waals surface area contributed by atoms with Gasteiger partial charge in [0, 0.05) is 87.7 Å². The Hall–Kier alpha value is -4.92. The van der Waals surface area contributed by atoms with Crippen LogP contribution in [-0.4, -0.2) is 84.9 Å². The second kappa shape index (κ2) is 12.2. The van der Waals surface area contributed by atoms with Gasteiger partial charge in [-0.15, -0.1) is 0 Å². The van der Waals surface area contributed by atoms with E-state index in [0.717, 1.165) is 45.1 Å². The van der Waals surface area contributed by atoms with E-state index in [-0.39, 0.29) is 35.4 Å². The lowest BCUT2D eigenvalue weighted by Crippen LogP contribution is -2.56. The predicted molar refractivity (Wildman–Crippen MR) is 180 cm³/mol. The number of aryl methyl sites for hydroxylation is 2. The Kier molecular flexibility index (Phi) is 7.81. The molecule has 2 N–H and O–H groups in total. The lowest BCUT2D eigenvalue weighted by atomic mass is 9.94. The molecular weight excluding hydrogens is 634 g/mol. The van der Waals surface area contributed by atoms with Gasteiger partial charge in [-0.1, -0.05) is 0 Å². The molecule has 0 aromatic carbocycles. The summed E-state index contributed by atoms with van der Waals surface area (Å²) in [4.78, 5) is 40.7. The first kappa shape index (κ1) is 31.4. The molecule has 49 heavy (non-hydrogen) atoms. The van der Waals surface area contributed by atoms with Crippen molar-refractivity contribution in [3.8, 4) is 16.9 Å². The quantitative estimate of drug-likeness (QED) is 0.269. The van der Waals surface area contributed by atoms with Gasteiger partial charge >= 0.3 is 0 Å². The van der Waals surface area contributed by atoms with Crippen LogP contribution < -0.4 is 21.3 Å². The SMILES string of the molecule is Cn1cc(-c2ccnc(-n3ccn4c5c(cc4c3=O)CC(F)(F)CC5)c2CO)cc(Nc2ccc(N3CCN(C4COC4)CC3)cn2)c1=O. The van der Waals surface area contributed by atoms with Crippen LogP contribution >= 0.6 is 0 Å². The highest BCUT2D eigenvalue weighted by Gasteiger charge is 2.36. The summed E-state index contributed by atoms with van der Waals surface area (Å²) in [5, 5.41) is 13.7. The molecule has 0 atom stereocenters. The fourth-order valence-electron chi connectivity index (χ4n) is 7.17. The Morgan fingerprint density at radius 3 is 2.57 bits per heavy atom. The van der Waals surface area contributed by atoms with E-state index in [1.54, 1.807) is 48.4 Å². The summed E-state index contributed by atoms with van der Waals surface area (Å²) in [6.45, 7) is 4.93. The molecule has 0 spiro atoms. The standard InChI is InChI=1S/C35H36F2N8O4/c1-41-18-23(14-28(33(41)47)40-31-3-2-24(17-39-31)42-8-10-43(11-9-42)25-20-49-21-25)26-5-7-38-32(27(26)19-46)45-13-12-44-29-4-6-35(36,37)16-22(29)15-30(44)34(45)48/h2-3,5,7,12-15,17-18,25,46H,4,6,8-11,16,19-21H2,1H3,(H,39,40). The molecular formula is C35H36F2N8O4. The number of aromatic nitrogens is 5. The van der Waals surface area contributed by atoms with Gasteiger partial charge in [-0.25, -0.2) is 18.7 Å². The smallest absolute Gasteiger partial charge is 0.280 e. The van der Waals surface area contributed by atoms with Crippen LogP contribution in [0.5, 0.6) is 0 Å². The van der Waals surface area contributed by atoms with Crippen LogP contribution in [-0.2, 0) is 31.2 Å². The fraction of sp³-hybridized carbons (Fsp3) is 0.371. The highest BCUT2D eigenvalue weighted by atomic mass is 19.3. The number of aliphatic hydroxyl groups excluding tert-OH is 1. The summed E-state index contributed by atoms with van der Waals surface area (Å²) < 4.78 is 38.0. The van der Waals surface area contributed by atoms with Gasteiger partial charge in [-0.2, -0.15) is 0 Å². The van der Waals surface area contributed by atoms with Gasteiger partial charge in [-0.05, 0) is 47.9 Å². The topological polar surface area (TPSA) is 122 Å². The zero-order valence-electron chi connectivity index (χ0n) is 27.0. The number of hydrogen-bond donors (Lipinski definition) is 2. The first-order chi connectivity index (χ1) is 23.7. The minimum Gasteiger partial charge on any atom is -0.392 e. The number of hydrogen-bond acceptors (Lipinski definition) is 9. The van der Waals surface area contributed by atoms with Crippen LogP contribution in [0.25, 0.3) is 22.5 Å². The Morgan fingerprint density at radius 1 is 1.04 bits per heavy atom. The van der Waals surface area contributed by atoms with Gasteiger partial charge in [0.2, 0.25) is 0 Å². The number of nitrogens with zero attached hydrogens (tertiary/aromatic N) is 7. The van der Waals surface area contributed by atoms with E-state index in [4.69, 9.17) is 4.74 Å². The normalized spacial score (nSPS) is 18.0. The molecule has 3 aliphatic rings. The van der Waals surface area contributed by atoms with Crippen molar-refractivity contribution in [1.82, 2.24) is 28.4 Å². The number of halogens is 2. The van der Waals surface area contributed by atoms with Crippen molar-refractivity contribution in [2.24, 2.45) is 7.05 Å². The number of fused-ring (bicyclic) bond motifs is 3. The van der Waals surface area contributed by atoms with Gasteiger partial charge < -0.3 is 29.0 Å². The minimum absolute atomic E-state index is 0.173. The molecule has 0 saturated carbocycles. The fourth-order valence-corrected chi connectivity index (χ4v) is 7.17. The van der Waals surface area contributed by atoms with Gasteiger partial charge in [0.25, 0.3) is 17.0 Å². The molecule has 8 rings (SSSR count). The number of alkyl halides is 2. The van der Waals surface area contributed by atoms with Crippen LogP contribution in [0.1, 0.15) is 23.2 Å². The van der Waals surface area contributed by atoms with Gasteiger partial charge in [0.1, 0.15) is 22.8 Å². The third kappa shape index (κ3) is 5.69. The Morgan fingerprint density at radius 2 is 1.86 bits per heavy atom. The number of aliphatic hydroxyl groups is 1. The summed E-state index contributed by atoms with van der Waals surface area (Å²) in [6.07, 6.45) is 7.71. The van der Waals surface area contributed by atoms with Crippen molar-refractivity contribution in [2.45, 2.75) is 37.8 Å². The van der Waals surface area contributed by atoms with E-state index >= 15 is 0 Å². The number of pyridine rings is 3. The van der Waals surface area contributed by atoms with E-state index < -0.39 is 24.5 Å². The zero-order valence-corrected chi connectivity index (χ0v) is 27.0. The highest BCUT2D eigenvalue weighted by molar-refractivity contribution is 5.73. The van der Waals surface area contributed by atoms with Crippen molar-refractivity contribution in [2.75, 3.05) is 49.6 Å². The second-order valence-corrected chi connectivity index (χ2v) is 13.0. The molecule has 7 heterocycles. The molecule has 0 bridgehead atoms. The summed E-state index contributed by atoms with van der Waals surface area (Å²) in [5.41, 5.74) is 3.58. The van der Waals surface area contributed by atoms with E-state index in [1.165, 1.54) is 21.4 Å². The largest absolute Gasteiger partial charge is 0.392 e. The molecule has 14 heteroatoms. The van der Waals surface area contributed by atoms with Gasteiger partial charge in [0.05, 0.1) is 37.7 Å². The summed E-state index contributed by atoms with van der Waals surface area (Å²) >= 11 is 0. The van der Waals surface area contributed by atoms with E-state index in [2.05, 4.69) is 25.1 Å². The molecule has 1 aliphatic carbocycles. The van der Waals surface area contributed by atoms with Crippen molar-refractivity contribution >= 4 is 22.7 Å². The Balaban J connectivity index is 1.07. The maximum atomic E-state index is 14.1. The van der Waals surface area contributed by atoms with Crippen LogP contribution in [0.3, 0.4) is 0 Å². The van der Waals surface area contributed by atoms with Crippen molar-refractivity contribution < 1.29 is 18.6 Å². The lowest BCUT2D eigenvalue weighted by molar-refractivity contribution is -0.0660. The molecule has 2 aliphatic heterocycles. The van der Waals surface area contributed by atoms with Crippen LogP contribution in [0.2, 0.25) is 0 Å². The summed E-state index contributed by atoms with van der Waals surface area (Å²) in [6, 6.07) is 9.30. The Labute approximate surface area is 279 Å². The third-order valence-corrected chi connectivity index (χ3v) is 9.95. The molecule has 5 aromatic rings. The molecule has 12 nitrogen and oxygen atoms in total. The van der Waals surface area contributed by atoms with Crippen molar-refractivity contribution in [3.05, 3.63) is 98.8 Å². The average Bonchev–Trinajstić information content (AvgIpc) is 3.44. The van der Waals surface area contributed by atoms with Crippen LogP contribution in [0.4, 0.5) is 26.0 Å². The predicted octanol–water partition coefficient (Wildman–Crippen LogP) is 3.13. The molecule has 5 aromatic heterocycles. The van der Waals surface area contributed by atoms with E-state index in [1.807, 2.05) is 12.1 Å². The Bertz CT molecular complexity index is 2170. The number of ether oxygens (including phenoxy) is 1. The number of nitrogens with one attached hydrogen (secondary N) is 1. The van der Waals surface area contributed by atoms with Gasteiger partial charge in [-0.3, -0.25) is 19.1 Å². The number of anilines is 3. The molecule has 254 valence electrons. The molecule has 0 amide bonds. The monoisotopic (exact) mass is 670 g/mol. The highest BCUT2D eigenvalue weighted by Crippen LogP contribution is 2.34. The average molecular weight is 671 g/mol. The van der Waals surface area contributed by atoms with Crippen LogP contribution in [0.15, 0.2) is 70.9 Å². The minimum atomic E-state index is -2.80. The van der Waals surface area contributed by atoms with E-state index in [0.29, 0.717) is 39.8 Å². The van der Waals surface area contributed by atoms with Gasteiger partial charge in [0.15, 0.2) is 0 Å². The van der Waals surface area contributed by atoms with Crippen molar-refractivity contribution in [3.63, 3.8) is 0 Å². The first-order valence-electron chi connectivity index (χ1n) is 16.4. The molecule has 0 unspecified atom stereocenters. The first-order valence-corrected chi connectivity index (χ1v) is 16.4.